The van der Waals surface area contributed by atoms with Crippen molar-refractivity contribution in [2.45, 2.75) is 58.0 Å². The van der Waals surface area contributed by atoms with Crippen LogP contribution < -0.4 is 0 Å². The molecule has 0 saturated carbocycles. The van der Waals surface area contributed by atoms with E-state index in [4.69, 9.17) is 9.47 Å². The highest BCUT2D eigenvalue weighted by Gasteiger charge is 2.42. The maximum absolute atomic E-state index is 12.8. The smallest absolute Gasteiger partial charge is 0.411 e. The van der Waals surface area contributed by atoms with Gasteiger partial charge in [0.2, 0.25) is 0 Å². The number of rotatable bonds is 11. The van der Waals surface area contributed by atoms with Crippen molar-refractivity contribution in [1.82, 2.24) is 19.6 Å². The van der Waals surface area contributed by atoms with Crippen molar-refractivity contribution in [3.05, 3.63) is 71.8 Å². The first kappa shape index (κ1) is 28.6. The Morgan fingerprint density at radius 3 is 2.17 bits per heavy atom. The Balaban J connectivity index is 0.979. The van der Waals surface area contributed by atoms with E-state index in [1.165, 1.54) is 18.4 Å². The van der Waals surface area contributed by atoms with E-state index in [2.05, 4.69) is 52.0 Å². The molecule has 3 fully saturated rings. The second kappa shape index (κ2) is 14.1. The Bertz CT molecular complexity index is 1070. The normalized spacial score (nSPS) is 23.3. The molecule has 2 aromatic rings. The first-order valence-electron chi connectivity index (χ1n) is 14.9. The summed E-state index contributed by atoms with van der Waals surface area (Å²) in [7, 11) is 0. The minimum Gasteiger partial charge on any atom is -0.461 e. The topological polar surface area (TPSA) is 65.6 Å². The van der Waals surface area contributed by atoms with Gasteiger partial charge >= 0.3 is 12.1 Å². The third kappa shape index (κ3) is 7.83. The number of carbonyl (C=O) groups is 2. The monoisotopic (exact) mass is 548 g/mol. The van der Waals surface area contributed by atoms with E-state index in [1.807, 2.05) is 35.2 Å². The lowest BCUT2D eigenvalue weighted by atomic mass is 9.93. The summed E-state index contributed by atoms with van der Waals surface area (Å²) >= 11 is 0. The molecule has 0 spiro atoms. The van der Waals surface area contributed by atoms with Gasteiger partial charge in [-0.2, -0.15) is 0 Å². The molecule has 0 aliphatic carbocycles. The van der Waals surface area contributed by atoms with Gasteiger partial charge in [-0.15, -0.1) is 0 Å². The maximum atomic E-state index is 12.8. The van der Waals surface area contributed by atoms with Crippen molar-refractivity contribution in [1.29, 1.82) is 0 Å². The number of hydrogen-bond acceptors (Lipinski definition) is 7. The molecule has 3 saturated heterocycles. The third-order valence-corrected chi connectivity index (χ3v) is 8.74. The fourth-order valence-corrected chi connectivity index (χ4v) is 6.16. The molecule has 3 heterocycles. The zero-order valence-corrected chi connectivity index (χ0v) is 23.8. The molecule has 3 aliphatic rings. The van der Waals surface area contributed by atoms with Gasteiger partial charge < -0.3 is 19.3 Å². The second-order valence-corrected chi connectivity index (χ2v) is 11.5. The van der Waals surface area contributed by atoms with E-state index in [0.29, 0.717) is 25.5 Å². The molecule has 0 N–H and O–H groups in total. The predicted octanol–water partition coefficient (Wildman–Crippen LogP) is 4.21. The number of piperidine rings is 1. The van der Waals surface area contributed by atoms with E-state index in [0.717, 1.165) is 64.3 Å². The molecular formula is C32H44N4O4. The van der Waals surface area contributed by atoms with E-state index in [-0.39, 0.29) is 24.3 Å². The molecule has 216 valence electrons. The number of ether oxygens (including phenoxy) is 2. The summed E-state index contributed by atoms with van der Waals surface area (Å²) in [6, 6.07) is 20.5. The Morgan fingerprint density at radius 2 is 1.50 bits per heavy atom. The molecule has 8 nitrogen and oxygen atoms in total. The number of benzene rings is 2. The van der Waals surface area contributed by atoms with Crippen LogP contribution in [-0.4, -0.2) is 96.3 Å². The number of likely N-dealkylation sites (tertiary alicyclic amines) is 1. The van der Waals surface area contributed by atoms with Crippen molar-refractivity contribution in [3.8, 4) is 0 Å². The number of esters is 1. The van der Waals surface area contributed by atoms with Crippen LogP contribution in [0, 0.1) is 5.92 Å². The largest absolute Gasteiger partial charge is 0.461 e. The molecular weight excluding hydrogens is 504 g/mol. The Labute approximate surface area is 238 Å². The molecule has 40 heavy (non-hydrogen) atoms. The summed E-state index contributed by atoms with van der Waals surface area (Å²) in [5, 5.41) is 0. The van der Waals surface area contributed by atoms with Gasteiger partial charge in [0.25, 0.3) is 0 Å². The van der Waals surface area contributed by atoms with E-state index >= 15 is 0 Å². The van der Waals surface area contributed by atoms with Crippen molar-refractivity contribution in [3.63, 3.8) is 0 Å². The van der Waals surface area contributed by atoms with Crippen LogP contribution in [0.1, 0.15) is 43.7 Å². The lowest BCUT2D eigenvalue weighted by Gasteiger charge is -2.38. The Kier molecular flexibility index (Phi) is 10.1. The van der Waals surface area contributed by atoms with Gasteiger partial charge in [0.05, 0.1) is 12.5 Å². The van der Waals surface area contributed by atoms with E-state index < -0.39 is 0 Å². The molecule has 0 radical (unpaired) electrons. The maximum Gasteiger partial charge on any atom is 0.411 e. The number of cyclic esters (lactones) is 1. The van der Waals surface area contributed by atoms with Crippen LogP contribution in [0.15, 0.2) is 60.7 Å². The SMILES string of the molecule is CC1C(N2CCN(CCC(=O)OCc3ccccc3)CC2)OC(=O)N1CCC1CCN(Cc2ccccc2)CC1. The lowest BCUT2D eigenvalue weighted by Crippen LogP contribution is -2.53. The number of amides is 1. The molecule has 0 aromatic heterocycles. The number of piperazine rings is 1. The Hall–Kier alpha value is -2.94. The van der Waals surface area contributed by atoms with Gasteiger partial charge in [-0.25, -0.2) is 4.79 Å². The summed E-state index contributed by atoms with van der Waals surface area (Å²) in [5.41, 5.74) is 2.38. The molecule has 3 aliphatic heterocycles. The summed E-state index contributed by atoms with van der Waals surface area (Å²) in [4.78, 5) is 34.0. The van der Waals surface area contributed by atoms with Gasteiger partial charge in [0.1, 0.15) is 6.61 Å². The zero-order chi connectivity index (χ0) is 27.7. The highest BCUT2D eigenvalue weighted by atomic mass is 16.6. The van der Waals surface area contributed by atoms with Crippen LogP contribution in [0.25, 0.3) is 0 Å². The lowest BCUT2D eigenvalue weighted by molar-refractivity contribution is -0.145. The highest BCUT2D eigenvalue weighted by Crippen LogP contribution is 2.27. The number of nitrogens with zero attached hydrogens (tertiary/aromatic N) is 4. The molecule has 2 atom stereocenters. The van der Waals surface area contributed by atoms with Crippen molar-refractivity contribution >= 4 is 12.1 Å². The van der Waals surface area contributed by atoms with Crippen LogP contribution in [0.5, 0.6) is 0 Å². The van der Waals surface area contributed by atoms with Crippen molar-refractivity contribution < 1.29 is 19.1 Å². The highest BCUT2D eigenvalue weighted by molar-refractivity contribution is 5.70. The molecule has 2 aromatic carbocycles. The van der Waals surface area contributed by atoms with E-state index in [9.17, 15) is 9.59 Å². The average Bonchev–Trinajstić information content (AvgIpc) is 3.28. The standard InChI is InChI=1S/C32H44N4O4/c1-26-31(35-22-20-33(21-23-35)18-15-30(37)39-25-29-10-6-3-7-11-29)40-32(38)36(26)19-14-27-12-16-34(17-13-27)24-28-8-4-2-5-9-28/h2-11,26-27,31H,12-25H2,1H3. The first-order chi connectivity index (χ1) is 19.5. The summed E-state index contributed by atoms with van der Waals surface area (Å²) in [5.74, 6) is 0.496. The molecule has 0 bridgehead atoms. The predicted molar refractivity (Wildman–Crippen MR) is 154 cm³/mol. The summed E-state index contributed by atoms with van der Waals surface area (Å²) in [6.45, 7) is 10.5. The van der Waals surface area contributed by atoms with Gasteiger partial charge in [0.15, 0.2) is 6.23 Å². The number of carbonyl (C=O) groups excluding carboxylic acids is 2. The van der Waals surface area contributed by atoms with Gasteiger partial charge in [-0.1, -0.05) is 60.7 Å². The second-order valence-electron chi connectivity index (χ2n) is 11.5. The van der Waals surface area contributed by atoms with Crippen LogP contribution in [0.2, 0.25) is 0 Å². The molecule has 2 unspecified atom stereocenters. The van der Waals surface area contributed by atoms with Gasteiger partial charge in [0, 0.05) is 45.8 Å². The molecule has 1 amide bonds. The average molecular weight is 549 g/mol. The van der Waals surface area contributed by atoms with Crippen LogP contribution in [-0.2, 0) is 27.4 Å². The fourth-order valence-electron chi connectivity index (χ4n) is 6.16. The van der Waals surface area contributed by atoms with Crippen LogP contribution in [0.4, 0.5) is 4.79 Å². The minimum atomic E-state index is -0.196. The van der Waals surface area contributed by atoms with Gasteiger partial charge in [-0.3, -0.25) is 14.6 Å². The number of hydrogen-bond donors (Lipinski definition) is 0. The van der Waals surface area contributed by atoms with Crippen LogP contribution >= 0.6 is 0 Å². The van der Waals surface area contributed by atoms with Crippen molar-refractivity contribution in [2.75, 3.05) is 52.4 Å². The molecule has 8 heteroatoms. The Morgan fingerprint density at radius 1 is 0.850 bits per heavy atom. The summed E-state index contributed by atoms with van der Waals surface area (Å²) < 4.78 is 11.3. The van der Waals surface area contributed by atoms with Crippen LogP contribution in [0.3, 0.4) is 0 Å². The van der Waals surface area contributed by atoms with Crippen molar-refractivity contribution in [2.24, 2.45) is 5.92 Å². The van der Waals surface area contributed by atoms with E-state index in [1.54, 1.807) is 0 Å². The zero-order valence-electron chi connectivity index (χ0n) is 23.8. The molecule has 5 rings (SSSR count). The minimum absolute atomic E-state index is 0.0465. The summed E-state index contributed by atoms with van der Waals surface area (Å²) in [6.07, 6.45) is 3.44. The third-order valence-electron chi connectivity index (χ3n) is 8.74. The van der Waals surface area contributed by atoms with Gasteiger partial charge in [-0.05, 0) is 56.3 Å². The fraction of sp³-hybridized carbons (Fsp3) is 0.562. The first-order valence-corrected chi connectivity index (χ1v) is 14.9. The quantitative estimate of drug-likeness (QED) is 0.390.